The third kappa shape index (κ3) is 2.09. The van der Waals surface area contributed by atoms with Crippen molar-refractivity contribution in [3.8, 4) is 11.1 Å². The van der Waals surface area contributed by atoms with E-state index in [1.165, 1.54) is 17.7 Å². The molecule has 4 rings (SSSR count). The molecule has 1 amide bonds. The summed E-state index contributed by atoms with van der Waals surface area (Å²) in [5, 5.41) is 0. The van der Waals surface area contributed by atoms with Gasteiger partial charge in [0.15, 0.2) is 0 Å². The van der Waals surface area contributed by atoms with Gasteiger partial charge in [0, 0.05) is 37.3 Å². The molecule has 0 bridgehead atoms. The van der Waals surface area contributed by atoms with Crippen molar-refractivity contribution in [3.05, 3.63) is 48.5 Å². The normalized spacial score (nSPS) is 17.4. The Balaban J connectivity index is 1.79. The van der Waals surface area contributed by atoms with Crippen LogP contribution in [0.3, 0.4) is 0 Å². The second-order valence-electron chi connectivity index (χ2n) is 5.70. The van der Waals surface area contributed by atoms with Gasteiger partial charge in [-0.05, 0) is 24.1 Å². The Morgan fingerprint density at radius 2 is 1.71 bits per heavy atom. The molecule has 3 heteroatoms. The van der Waals surface area contributed by atoms with Gasteiger partial charge in [-0.3, -0.25) is 4.79 Å². The molecule has 2 aromatic rings. The van der Waals surface area contributed by atoms with E-state index in [1.54, 1.807) is 0 Å². The van der Waals surface area contributed by atoms with Crippen molar-refractivity contribution in [2.24, 2.45) is 0 Å². The van der Waals surface area contributed by atoms with Crippen molar-refractivity contribution < 1.29 is 4.79 Å². The lowest BCUT2D eigenvalue weighted by Gasteiger charge is -2.36. The van der Waals surface area contributed by atoms with Gasteiger partial charge in [-0.25, -0.2) is 0 Å². The molecule has 21 heavy (non-hydrogen) atoms. The highest BCUT2D eigenvalue weighted by atomic mass is 16.2. The monoisotopic (exact) mass is 278 g/mol. The summed E-state index contributed by atoms with van der Waals surface area (Å²) in [5.74, 6) is 0.230. The zero-order chi connectivity index (χ0) is 14.2. The zero-order valence-corrected chi connectivity index (χ0v) is 12.0. The Morgan fingerprint density at radius 3 is 2.29 bits per heavy atom. The number of hydrogen-bond acceptors (Lipinski definition) is 2. The lowest BCUT2D eigenvalue weighted by molar-refractivity contribution is -0.122. The van der Waals surface area contributed by atoms with Crippen LogP contribution in [0.25, 0.3) is 11.1 Å². The van der Waals surface area contributed by atoms with Gasteiger partial charge in [-0.15, -0.1) is 0 Å². The summed E-state index contributed by atoms with van der Waals surface area (Å²) in [4.78, 5) is 16.2. The summed E-state index contributed by atoms with van der Waals surface area (Å²) >= 11 is 0. The van der Waals surface area contributed by atoms with Crippen molar-refractivity contribution >= 4 is 17.3 Å². The van der Waals surface area contributed by atoms with Crippen molar-refractivity contribution in [1.82, 2.24) is 0 Å². The van der Waals surface area contributed by atoms with Crippen molar-refractivity contribution in [2.75, 3.05) is 29.4 Å². The van der Waals surface area contributed by atoms with E-state index in [2.05, 4.69) is 35.2 Å². The van der Waals surface area contributed by atoms with Gasteiger partial charge in [-0.1, -0.05) is 36.4 Å². The summed E-state index contributed by atoms with van der Waals surface area (Å²) < 4.78 is 0. The largest absolute Gasteiger partial charge is 0.371 e. The van der Waals surface area contributed by atoms with Gasteiger partial charge < -0.3 is 9.80 Å². The van der Waals surface area contributed by atoms with E-state index in [1.807, 2.05) is 23.1 Å². The number of β-lactam (4-membered cyclic amide) rings is 1. The van der Waals surface area contributed by atoms with Crippen molar-refractivity contribution in [1.29, 1.82) is 0 Å². The standard InChI is InChI=1S/C18H18N2O/c21-18-9-12-20(18)17-13-15(19-10-4-11-19)7-8-16(17)14-5-2-1-3-6-14/h1-3,5-8,13H,4,9-12H2. The van der Waals surface area contributed by atoms with Crippen LogP contribution in [0.4, 0.5) is 11.4 Å². The Kier molecular flexibility index (Phi) is 2.92. The Bertz CT molecular complexity index is 677. The van der Waals surface area contributed by atoms with Gasteiger partial charge in [0.25, 0.3) is 0 Å². The second kappa shape index (κ2) is 4.92. The number of benzene rings is 2. The fourth-order valence-electron chi connectivity index (χ4n) is 2.95. The summed E-state index contributed by atoms with van der Waals surface area (Å²) in [6, 6.07) is 16.8. The molecule has 0 radical (unpaired) electrons. The molecule has 2 aromatic carbocycles. The molecule has 0 unspecified atom stereocenters. The first-order chi connectivity index (χ1) is 10.3. The van der Waals surface area contributed by atoms with E-state index in [0.29, 0.717) is 6.42 Å². The molecule has 0 aromatic heterocycles. The van der Waals surface area contributed by atoms with E-state index in [0.717, 1.165) is 30.9 Å². The Morgan fingerprint density at radius 1 is 0.905 bits per heavy atom. The van der Waals surface area contributed by atoms with Crippen LogP contribution in [0.2, 0.25) is 0 Å². The fourth-order valence-corrected chi connectivity index (χ4v) is 2.95. The van der Waals surface area contributed by atoms with Crippen LogP contribution in [0.15, 0.2) is 48.5 Å². The predicted molar refractivity (Wildman–Crippen MR) is 85.7 cm³/mol. The highest BCUT2D eigenvalue weighted by molar-refractivity contribution is 6.03. The van der Waals surface area contributed by atoms with Gasteiger partial charge in [0.05, 0.1) is 5.69 Å². The molecule has 2 aliphatic rings. The Hall–Kier alpha value is -2.29. The molecule has 2 aliphatic heterocycles. The number of nitrogens with zero attached hydrogens (tertiary/aromatic N) is 2. The quantitative estimate of drug-likeness (QED) is 0.804. The smallest absolute Gasteiger partial charge is 0.228 e. The number of amides is 1. The van der Waals surface area contributed by atoms with Gasteiger partial charge in [0.1, 0.15) is 0 Å². The molecule has 2 saturated heterocycles. The van der Waals surface area contributed by atoms with E-state index >= 15 is 0 Å². The maximum absolute atomic E-state index is 11.9. The van der Waals surface area contributed by atoms with Crippen LogP contribution in [0, 0.1) is 0 Å². The molecule has 0 N–H and O–H groups in total. The summed E-state index contributed by atoms with van der Waals surface area (Å²) in [7, 11) is 0. The van der Waals surface area contributed by atoms with Crippen LogP contribution in [0.5, 0.6) is 0 Å². The number of carbonyl (C=O) groups excluding carboxylic acids is 1. The molecule has 0 aliphatic carbocycles. The van der Waals surface area contributed by atoms with Gasteiger partial charge >= 0.3 is 0 Å². The topological polar surface area (TPSA) is 23.6 Å². The summed E-state index contributed by atoms with van der Waals surface area (Å²) in [5.41, 5.74) is 4.60. The van der Waals surface area contributed by atoms with E-state index in [-0.39, 0.29) is 5.91 Å². The van der Waals surface area contributed by atoms with Crippen LogP contribution < -0.4 is 9.80 Å². The van der Waals surface area contributed by atoms with Crippen LogP contribution >= 0.6 is 0 Å². The summed E-state index contributed by atoms with van der Waals surface area (Å²) in [6.07, 6.45) is 1.93. The van der Waals surface area contributed by atoms with Crippen LogP contribution in [-0.4, -0.2) is 25.5 Å². The highest BCUT2D eigenvalue weighted by Crippen LogP contribution is 2.37. The fraction of sp³-hybridized carbons (Fsp3) is 0.278. The highest BCUT2D eigenvalue weighted by Gasteiger charge is 2.28. The van der Waals surface area contributed by atoms with Crippen molar-refractivity contribution in [3.63, 3.8) is 0 Å². The SMILES string of the molecule is O=C1CCN1c1cc(N2CCC2)ccc1-c1ccccc1. The average molecular weight is 278 g/mol. The zero-order valence-electron chi connectivity index (χ0n) is 12.0. The maximum Gasteiger partial charge on any atom is 0.228 e. The summed E-state index contributed by atoms with van der Waals surface area (Å²) in [6.45, 7) is 3.08. The van der Waals surface area contributed by atoms with E-state index in [4.69, 9.17) is 0 Å². The first kappa shape index (κ1) is 12.5. The molecule has 3 nitrogen and oxygen atoms in total. The third-order valence-corrected chi connectivity index (χ3v) is 4.43. The average Bonchev–Trinajstić information content (AvgIpc) is 2.45. The van der Waals surface area contributed by atoms with Crippen LogP contribution in [0.1, 0.15) is 12.8 Å². The molecular weight excluding hydrogens is 260 g/mol. The van der Waals surface area contributed by atoms with E-state index < -0.39 is 0 Å². The molecule has 106 valence electrons. The van der Waals surface area contributed by atoms with E-state index in [9.17, 15) is 4.79 Å². The molecule has 0 atom stereocenters. The van der Waals surface area contributed by atoms with Gasteiger partial charge in [-0.2, -0.15) is 0 Å². The maximum atomic E-state index is 11.9. The first-order valence-electron chi connectivity index (χ1n) is 7.58. The van der Waals surface area contributed by atoms with Crippen LogP contribution in [-0.2, 0) is 4.79 Å². The first-order valence-corrected chi connectivity index (χ1v) is 7.58. The predicted octanol–water partition coefficient (Wildman–Crippen LogP) is 3.30. The third-order valence-electron chi connectivity index (χ3n) is 4.43. The molecule has 0 saturated carbocycles. The molecule has 2 fully saturated rings. The minimum atomic E-state index is 0.230. The number of hydrogen-bond donors (Lipinski definition) is 0. The van der Waals surface area contributed by atoms with Gasteiger partial charge in [0.2, 0.25) is 5.91 Å². The minimum Gasteiger partial charge on any atom is -0.371 e. The minimum absolute atomic E-state index is 0.230. The lowest BCUT2D eigenvalue weighted by atomic mass is 9.99. The van der Waals surface area contributed by atoms with Crippen molar-refractivity contribution in [2.45, 2.75) is 12.8 Å². The molecule has 2 heterocycles. The lowest BCUT2D eigenvalue weighted by Crippen LogP contribution is -2.44. The Labute approximate surface area is 124 Å². The number of carbonyl (C=O) groups is 1. The second-order valence-corrected chi connectivity index (χ2v) is 5.70. The molecular formula is C18H18N2O. The molecule has 0 spiro atoms. The number of rotatable bonds is 3. The number of anilines is 2.